The first-order valence-corrected chi connectivity index (χ1v) is 8.43. The summed E-state index contributed by atoms with van der Waals surface area (Å²) in [6.07, 6.45) is 3.53. The van der Waals surface area contributed by atoms with Crippen molar-refractivity contribution in [1.29, 1.82) is 0 Å². The van der Waals surface area contributed by atoms with Crippen LogP contribution in [0.5, 0.6) is 0 Å². The Labute approximate surface area is 143 Å². The van der Waals surface area contributed by atoms with Gasteiger partial charge in [0.15, 0.2) is 5.69 Å². The fraction of sp³-hybridized carbons (Fsp3) is 0.500. The molecule has 0 aliphatic rings. The van der Waals surface area contributed by atoms with Crippen LogP contribution in [0, 0.1) is 0 Å². The molecule has 1 heterocycles. The lowest BCUT2D eigenvalue weighted by Gasteiger charge is -2.29. The Balaban J connectivity index is 2.11. The Bertz CT molecular complexity index is 623. The third-order valence-corrected chi connectivity index (χ3v) is 4.13. The number of aromatic nitrogens is 3. The van der Waals surface area contributed by atoms with E-state index in [0.717, 1.165) is 18.4 Å². The van der Waals surface area contributed by atoms with Crippen LogP contribution < -0.4 is 0 Å². The van der Waals surface area contributed by atoms with E-state index in [0.29, 0.717) is 25.4 Å². The van der Waals surface area contributed by atoms with Crippen molar-refractivity contribution in [2.45, 2.75) is 39.3 Å². The Morgan fingerprint density at radius 2 is 1.96 bits per heavy atom. The number of nitrogens with zero attached hydrogens (tertiary/aromatic N) is 4. The second-order valence-electron chi connectivity index (χ2n) is 5.75. The zero-order valence-electron chi connectivity index (χ0n) is 14.7. The summed E-state index contributed by atoms with van der Waals surface area (Å²) >= 11 is 0. The Hall–Kier alpha value is -2.21. The summed E-state index contributed by atoms with van der Waals surface area (Å²) in [7, 11) is 1.64. The van der Waals surface area contributed by atoms with Gasteiger partial charge in [-0.05, 0) is 18.4 Å². The Morgan fingerprint density at radius 1 is 1.25 bits per heavy atom. The van der Waals surface area contributed by atoms with Gasteiger partial charge in [0.25, 0.3) is 5.91 Å². The van der Waals surface area contributed by atoms with E-state index < -0.39 is 0 Å². The fourth-order valence-corrected chi connectivity index (χ4v) is 2.76. The molecule has 6 nitrogen and oxygen atoms in total. The molecular formula is C18H26N4O2. The van der Waals surface area contributed by atoms with E-state index in [9.17, 15) is 4.79 Å². The molecule has 2 aromatic rings. The number of hydrogen-bond donors (Lipinski definition) is 0. The lowest BCUT2D eigenvalue weighted by Crippen LogP contribution is -2.42. The summed E-state index contributed by atoms with van der Waals surface area (Å²) in [6.45, 7) is 5.86. The van der Waals surface area contributed by atoms with Crippen molar-refractivity contribution in [1.82, 2.24) is 19.9 Å². The first kappa shape index (κ1) is 18.1. The summed E-state index contributed by atoms with van der Waals surface area (Å²) in [5, 5.41) is 8.17. The van der Waals surface area contributed by atoms with E-state index >= 15 is 0 Å². The van der Waals surface area contributed by atoms with Crippen molar-refractivity contribution in [2.24, 2.45) is 0 Å². The maximum atomic E-state index is 12.8. The third-order valence-electron chi connectivity index (χ3n) is 4.13. The molecule has 1 amide bonds. The Kier molecular flexibility index (Phi) is 6.93. The first-order chi connectivity index (χ1) is 11.7. The van der Waals surface area contributed by atoms with Crippen molar-refractivity contribution in [3.8, 4) is 0 Å². The van der Waals surface area contributed by atoms with Crippen LogP contribution in [0.15, 0.2) is 36.5 Å². The summed E-state index contributed by atoms with van der Waals surface area (Å²) in [5.74, 6) is -0.0833. The van der Waals surface area contributed by atoms with E-state index in [1.54, 1.807) is 18.0 Å². The molecule has 0 aliphatic heterocycles. The molecule has 0 saturated carbocycles. The number of methoxy groups -OCH3 is 1. The van der Waals surface area contributed by atoms with E-state index in [2.05, 4.69) is 24.2 Å². The average Bonchev–Trinajstić information content (AvgIpc) is 3.07. The predicted molar refractivity (Wildman–Crippen MR) is 92.8 cm³/mol. The minimum atomic E-state index is -0.0833. The molecule has 0 saturated heterocycles. The van der Waals surface area contributed by atoms with E-state index in [1.165, 1.54) is 0 Å². The summed E-state index contributed by atoms with van der Waals surface area (Å²) in [6, 6.07) is 10.2. The number of ether oxygens (including phenoxy) is 1. The van der Waals surface area contributed by atoms with Crippen LogP contribution in [0.1, 0.15) is 42.7 Å². The molecule has 1 aromatic heterocycles. The molecule has 1 aromatic carbocycles. The van der Waals surface area contributed by atoms with Crippen LogP contribution >= 0.6 is 0 Å². The first-order valence-electron chi connectivity index (χ1n) is 8.43. The SMILES string of the molecule is CCC(CC)N(CCOC)C(=O)c1cn(Cc2ccccc2)nn1. The van der Waals surface area contributed by atoms with Crippen LogP contribution in [0.3, 0.4) is 0 Å². The molecule has 0 atom stereocenters. The lowest BCUT2D eigenvalue weighted by molar-refractivity contribution is 0.0583. The van der Waals surface area contributed by atoms with Crippen LogP contribution in [-0.2, 0) is 11.3 Å². The molecule has 0 bridgehead atoms. The second-order valence-corrected chi connectivity index (χ2v) is 5.75. The molecule has 0 spiro atoms. The summed E-state index contributed by atoms with van der Waals surface area (Å²) in [4.78, 5) is 14.7. The lowest BCUT2D eigenvalue weighted by atomic mass is 10.1. The highest BCUT2D eigenvalue weighted by Gasteiger charge is 2.24. The van der Waals surface area contributed by atoms with Gasteiger partial charge in [-0.2, -0.15) is 0 Å². The molecule has 0 unspecified atom stereocenters. The van der Waals surface area contributed by atoms with Gasteiger partial charge in [-0.25, -0.2) is 4.68 Å². The van der Waals surface area contributed by atoms with E-state index in [-0.39, 0.29) is 11.9 Å². The highest BCUT2D eigenvalue weighted by Crippen LogP contribution is 2.13. The minimum absolute atomic E-state index is 0.0833. The number of amides is 1. The molecule has 130 valence electrons. The van der Waals surface area contributed by atoms with Gasteiger partial charge in [0.05, 0.1) is 19.3 Å². The van der Waals surface area contributed by atoms with E-state index in [4.69, 9.17) is 4.74 Å². The normalized spacial score (nSPS) is 11.0. The van der Waals surface area contributed by atoms with Crippen LogP contribution in [-0.4, -0.2) is 52.1 Å². The van der Waals surface area contributed by atoms with Gasteiger partial charge < -0.3 is 9.64 Å². The zero-order chi connectivity index (χ0) is 17.4. The van der Waals surface area contributed by atoms with Gasteiger partial charge in [-0.15, -0.1) is 5.10 Å². The standard InChI is InChI=1S/C18H26N4O2/c1-4-16(5-2)22(11-12-24-3)18(23)17-14-21(20-19-17)13-15-9-7-6-8-10-15/h6-10,14,16H,4-5,11-13H2,1-3H3. The molecular weight excluding hydrogens is 304 g/mol. The van der Waals surface area contributed by atoms with Gasteiger partial charge in [-0.3, -0.25) is 4.79 Å². The highest BCUT2D eigenvalue weighted by atomic mass is 16.5. The van der Waals surface area contributed by atoms with Crippen LogP contribution in [0.4, 0.5) is 0 Å². The summed E-state index contributed by atoms with van der Waals surface area (Å²) in [5.41, 5.74) is 1.51. The van der Waals surface area contributed by atoms with Crippen molar-refractivity contribution >= 4 is 5.91 Å². The molecule has 24 heavy (non-hydrogen) atoms. The molecule has 2 rings (SSSR count). The van der Waals surface area contributed by atoms with Gasteiger partial charge in [0.2, 0.25) is 0 Å². The maximum absolute atomic E-state index is 12.8. The molecule has 0 N–H and O–H groups in total. The number of carbonyl (C=O) groups is 1. The van der Waals surface area contributed by atoms with Gasteiger partial charge in [0.1, 0.15) is 0 Å². The van der Waals surface area contributed by atoms with Crippen molar-refractivity contribution < 1.29 is 9.53 Å². The predicted octanol–water partition coefficient (Wildman–Crippen LogP) is 2.60. The van der Waals surface area contributed by atoms with Gasteiger partial charge >= 0.3 is 0 Å². The quantitative estimate of drug-likeness (QED) is 0.709. The van der Waals surface area contributed by atoms with Crippen LogP contribution in [0.25, 0.3) is 0 Å². The van der Waals surface area contributed by atoms with Gasteiger partial charge in [-0.1, -0.05) is 49.4 Å². The molecule has 0 fully saturated rings. The monoisotopic (exact) mass is 330 g/mol. The minimum Gasteiger partial charge on any atom is -0.383 e. The van der Waals surface area contributed by atoms with Crippen molar-refractivity contribution in [2.75, 3.05) is 20.3 Å². The number of benzene rings is 1. The average molecular weight is 330 g/mol. The zero-order valence-corrected chi connectivity index (χ0v) is 14.7. The topological polar surface area (TPSA) is 60.2 Å². The van der Waals surface area contributed by atoms with Crippen molar-refractivity contribution in [3.63, 3.8) is 0 Å². The number of carbonyl (C=O) groups excluding carboxylic acids is 1. The largest absolute Gasteiger partial charge is 0.383 e. The van der Waals surface area contributed by atoms with Gasteiger partial charge in [0, 0.05) is 19.7 Å². The Morgan fingerprint density at radius 3 is 2.58 bits per heavy atom. The third kappa shape index (κ3) is 4.64. The molecule has 0 radical (unpaired) electrons. The molecule has 0 aliphatic carbocycles. The van der Waals surface area contributed by atoms with Crippen molar-refractivity contribution in [3.05, 3.63) is 47.8 Å². The number of rotatable bonds is 9. The maximum Gasteiger partial charge on any atom is 0.276 e. The smallest absolute Gasteiger partial charge is 0.276 e. The number of hydrogen-bond acceptors (Lipinski definition) is 4. The molecule has 6 heteroatoms. The van der Waals surface area contributed by atoms with E-state index in [1.807, 2.05) is 35.2 Å². The summed E-state index contributed by atoms with van der Waals surface area (Å²) < 4.78 is 6.84. The van der Waals surface area contributed by atoms with Crippen LogP contribution in [0.2, 0.25) is 0 Å². The second kappa shape index (κ2) is 9.17. The highest BCUT2D eigenvalue weighted by molar-refractivity contribution is 5.92. The fourth-order valence-electron chi connectivity index (χ4n) is 2.76.